The van der Waals surface area contributed by atoms with Crippen LogP contribution in [-0.4, -0.2) is 10.0 Å². The average Bonchev–Trinajstić information content (AvgIpc) is 2.17. The molecule has 0 fully saturated rings. The second kappa shape index (κ2) is 4.02. The molecular weight excluding hydrogens is 182 g/mol. The molecule has 14 heavy (non-hydrogen) atoms. The minimum Gasteiger partial charge on any atom is -0.384 e. The van der Waals surface area contributed by atoms with Crippen LogP contribution < -0.4 is 0 Å². The van der Waals surface area contributed by atoms with Gasteiger partial charge < -0.3 is 5.11 Å². The van der Waals surface area contributed by atoms with Crippen molar-refractivity contribution in [2.45, 2.75) is 13.0 Å². The van der Waals surface area contributed by atoms with Crippen LogP contribution in [0.3, 0.4) is 0 Å². The van der Waals surface area contributed by atoms with Crippen LogP contribution in [0.5, 0.6) is 0 Å². The molecular formula is C10H11NO3. The van der Waals surface area contributed by atoms with E-state index in [0.29, 0.717) is 11.1 Å². The number of hydrogen-bond donors (Lipinski definition) is 1. The lowest BCUT2D eigenvalue weighted by Gasteiger charge is -2.05. The number of hydrogen-bond acceptors (Lipinski definition) is 3. The number of aryl methyl sites for hydroxylation is 1. The Morgan fingerprint density at radius 2 is 2.29 bits per heavy atom. The highest BCUT2D eigenvalue weighted by atomic mass is 16.6. The summed E-state index contributed by atoms with van der Waals surface area (Å²) in [5.74, 6) is 0. The molecule has 1 atom stereocenters. The SMILES string of the molecule is C=CC(O)c1ccc(C)c([N+](=O)[O-])c1. The summed E-state index contributed by atoms with van der Waals surface area (Å²) in [5.41, 5.74) is 1.08. The molecule has 0 saturated carbocycles. The van der Waals surface area contributed by atoms with E-state index < -0.39 is 11.0 Å². The van der Waals surface area contributed by atoms with Gasteiger partial charge in [-0.1, -0.05) is 18.2 Å². The summed E-state index contributed by atoms with van der Waals surface area (Å²) in [4.78, 5) is 10.1. The maximum absolute atomic E-state index is 10.6. The Kier molecular flexibility index (Phi) is 2.99. The van der Waals surface area contributed by atoms with Crippen LogP contribution in [0.1, 0.15) is 17.2 Å². The molecule has 0 heterocycles. The fourth-order valence-electron chi connectivity index (χ4n) is 1.14. The zero-order valence-corrected chi connectivity index (χ0v) is 7.80. The smallest absolute Gasteiger partial charge is 0.272 e. The molecule has 0 aliphatic heterocycles. The molecule has 0 saturated heterocycles. The van der Waals surface area contributed by atoms with Crippen molar-refractivity contribution in [3.05, 3.63) is 52.1 Å². The van der Waals surface area contributed by atoms with Crippen molar-refractivity contribution in [3.63, 3.8) is 0 Å². The standard InChI is InChI=1S/C10H11NO3/c1-3-10(12)8-5-4-7(2)9(6-8)11(13)14/h3-6,10,12H,1H2,2H3. The van der Waals surface area contributed by atoms with Gasteiger partial charge >= 0.3 is 0 Å². The molecule has 0 aromatic heterocycles. The minimum atomic E-state index is -0.853. The van der Waals surface area contributed by atoms with Crippen molar-refractivity contribution in [2.24, 2.45) is 0 Å². The number of aliphatic hydroxyl groups is 1. The Bertz CT molecular complexity index is 374. The van der Waals surface area contributed by atoms with Crippen molar-refractivity contribution in [1.29, 1.82) is 0 Å². The van der Waals surface area contributed by atoms with E-state index in [9.17, 15) is 15.2 Å². The number of rotatable bonds is 3. The van der Waals surface area contributed by atoms with E-state index in [1.807, 2.05) is 0 Å². The van der Waals surface area contributed by atoms with E-state index in [2.05, 4.69) is 6.58 Å². The third kappa shape index (κ3) is 1.97. The van der Waals surface area contributed by atoms with Crippen LogP contribution in [0.15, 0.2) is 30.9 Å². The Morgan fingerprint density at radius 3 is 2.79 bits per heavy atom. The van der Waals surface area contributed by atoms with Crippen molar-refractivity contribution in [2.75, 3.05) is 0 Å². The van der Waals surface area contributed by atoms with Crippen molar-refractivity contribution >= 4 is 5.69 Å². The highest BCUT2D eigenvalue weighted by molar-refractivity contribution is 5.43. The van der Waals surface area contributed by atoms with Gasteiger partial charge in [-0.05, 0) is 12.5 Å². The molecule has 1 aromatic rings. The summed E-state index contributed by atoms with van der Waals surface area (Å²) in [7, 11) is 0. The van der Waals surface area contributed by atoms with Crippen molar-refractivity contribution in [3.8, 4) is 0 Å². The highest BCUT2D eigenvalue weighted by Crippen LogP contribution is 2.23. The van der Waals surface area contributed by atoms with Crippen LogP contribution in [-0.2, 0) is 0 Å². The Labute approximate surface area is 81.6 Å². The first-order chi connectivity index (χ1) is 6.56. The molecule has 0 amide bonds. The average molecular weight is 193 g/mol. The van der Waals surface area contributed by atoms with E-state index in [1.54, 1.807) is 19.1 Å². The van der Waals surface area contributed by atoms with Crippen LogP contribution in [0.25, 0.3) is 0 Å². The van der Waals surface area contributed by atoms with Crippen molar-refractivity contribution in [1.82, 2.24) is 0 Å². The molecule has 4 nitrogen and oxygen atoms in total. The zero-order chi connectivity index (χ0) is 10.7. The molecule has 0 aliphatic rings. The van der Waals surface area contributed by atoms with Gasteiger partial charge in [-0.15, -0.1) is 6.58 Å². The van der Waals surface area contributed by atoms with Gasteiger partial charge in [-0.3, -0.25) is 10.1 Å². The number of nitrogens with zero attached hydrogens (tertiary/aromatic N) is 1. The van der Waals surface area contributed by atoms with Crippen LogP contribution in [0.2, 0.25) is 0 Å². The molecule has 1 unspecified atom stereocenters. The topological polar surface area (TPSA) is 63.4 Å². The maximum atomic E-state index is 10.6. The van der Waals surface area contributed by atoms with Gasteiger partial charge in [0, 0.05) is 11.6 Å². The normalized spacial score (nSPS) is 12.1. The van der Waals surface area contributed by atoms with E-state index in [1.165, 1.54) is 12.1 Å². The van der Waals surface area contributed by atoms with Crippen LogP contribution in [0.4, 0.5) is 5.69 Å². The molecule has 0 aliphatic carbocycles. The second-order valence-electron chi connectivity index (χ2n) is 2.98. The summed E-state index contributed by atoms with van der Waals surface area (Å²) in [6, 6.07) is 4.62. The molecule has 1 N–H and O–H groups in total. The highest BCUT2D eigenvalue weighted by Gasteiger charge is 2.13. The number of aliphatic hydroxyl groups excluding tert-OH is 1. The Morgan fingerprint density at radius 1 is 1.64 bits per heavy atom. The quantitative estimate of drug-likeness (QED) is 0.454. The summed E-state index contributed by atoms with van der Waals surface area (Å²) >= 11 is 0. The summed E-state index contributed by atoms with van der Waals surface area (Å²) in [5, 5.41) is 20.0. The zero-order valence-electron chi connectivity index (χ0n) is 7.80. The van der Waals surface area contributed by atoms with Gasteiger partial charge in [0.2, 0.25) is 0 Å². The van der Waals surface area contributed by atoms with Gasteiger partial charge in [0.25, 0.3) is 5.69 Å². The number of benzene rings is 1. The summed E-state index contributed by atoms with van der Waals surface area (Å²) in [6.07, 6.45) is 0.475. The Balaban J connectivity index is 3.19. The van der Waals surface area contributed by atoms with E-state index in [0.717, 1.165) is 0 Å². The molecule has 0 spiro atoms. The minimum absolute atomic E-state index is 0.0170. The molecule has 4 heteroatoms. The summed E-state index contributed by atoms with van der Waals surface area (Å²) in [6.45, 7) is 5.07. The van der Waals surface area contributed by atoms with E-state index >= 15 is 0 Å². The first-order valence-corrected chi connectivity index (χ1v) is 4.12. The largest absolute Gasteiger partial charge is 0.384 e. The lowest BCUT2D eigenvalue weighted by molar-refractivity contribution is -0.385. The number of nitro benzene ring substituents is 1. The predicted molar refractivity (Wildman–Crippen MR) is 53.0 cm³/mol. The van der Waals surface area contributed by atoms with Crippen LogP contribution >= 0.6 is 0 Å². The Hall–Kier alpha value is -1.68. The maximum Gasteiger partial charge on any atom is 0.272 e. The van der Waals surface area contributed by atoms with Gasteiger partial charge in [0.1, 0.15) is 0 Å². The fraction of sp³-hybridized carbons (Fsp3) is 0.200. The molecule has 1 aromatic carbocycles. The van der Waals surface area contributed by atoms with E-state index in [-0.39, 0.29) is 5.69 Å². The molecule has 1 rings (SSSR count). The van der Waals surface area contributed by atoms with Gasteiger partial charge in [0.05, 0.1) is 11.0 Å². The molecule has 74 valence electrons. The third-order valence-corrected chi connectivity index (χ3v) is 1.99. The van der Waals surface area contributed by atoms with Gasteiger partial charge in [0.15, 0.2) is 0 Å². The van der Waals surface area contributed by atoms with Crippen LogP contribution in [0, 0.1) is 17.0 Å². The first kappa shape index (κ1) is 10.4. The fourth-order valence-corrected chi connectivity index (χ4v) is 1.14. The second-order valence-corrected chi connectivity index (χ2v) is 2.98. The lowest BCUT2D eigenvalue weighted by atomic mass is 10.1. The third-order valence-electron chi connectivity index (χ3n) is 1.99. The predicted octanol–water partition coefficient (Wildman–Crippen LogP) is 2.12. The lowest BCUT2D eigenvalue weighted by Crippen LogP contribution is -1.97. The van der Waals surface area contributed by atoms with Gasteiger partial charge in [-0.25, -0.2) is 0 Å². The monoisotopic (exact) mass is 193 g/mol. The van der Waals surface area contributed by atoms with Gasteiger partial charge in [-0.2, -0.15) is 0 Å². The molecule has 0 bridgehead atoms. The first-order valence-electron chi connectivity index (χ1n) is 4.12. The molecule has 0 radical (unpaired) electrons. The van der Waals surface area contributed by atoms with E-state index in [4.69, 9.17) is 0 Å². The summed E-state index contributed by atoms with van der Waals surface area (Å²) < 4.78 is 0. The number of nitro groups is 1. The van der Waals surface area contributed by atoms with Crippen molar-refractivity contribution < 1.29 is 10.0 Å².